The highest BCUT2D eigenvalue weighted by molar-refractivity contribution is 9.10. The van der Waals surface area contributed by atoms with Gasteiger partial charge in [0.2, 0.25) is 5.91 Å². The highest BCUT2D eigenvalue weighted by Gasteiger charge is 2.14. The zero-order valence-corrected chi connectivity index (χ0v) is 16.4. The number of benzene rings is 1. The number of nitrogens with one attached hydrogen (secondary N) is 1. The molecule has 0 radical (unpaired) electrons. The minimum Gasteiger partial charge on any atom is -0.352 e. The Kier molecular flexibility index (Phi) is 7.27. The molecule has 7 heteroatoms. The first-order valence-electron chi connectivity index (χ1n) is 7.55. The molecule has 0 aliphatic carbocycles. The third-order valence-electron chi connectivity index (χ3n) is 3.44. The Morgan fingerprint density at radius 1 is 1.21 bits per heavy atom. The van der Waals surface area contributed by atoms with Crippen LogP contribution in [0.3, 0.4) is 0 Å². The van der Waals surface area contributed by atoms with Crippen LogP contribution in [0.15, 0.2) is 40.9 Å². The molecule has 128 valence electrons. The van der Waals surface area contributed by atoms with Gasteiger partial charge in [0, 0.05) is 34.4 Å². The first kappa shape index (κ1) is 19.0. The van der Waals surface area contributed by atoms with Gasteiger partial charge in [-0.25, -0.2) is 0 Å². The molecule has 0 aliphatic rings. The number of carbonyl (C=O) groups excluding carboxylic acids is 2. The second-order valence-electron chi connectivity index (χ2n) is 5.13. The molecule has 0 fully saturated rings. The fourth-order valence-electron chi connectivity index (χ4n) is 2.15. The average molecular weight is 430 g/mol. The Bertz CT molecular complexity index is 703. The van der Waals surface area contributed by atoms with E-state index in [1.807, 2.05) is 31.2 Å². The molecule has 1 N–H and O–H groups in total. The van der Waals surface area contributed by atoms with Crippen molar-refractivity contribution in [2.24, 2.45) is 0 Å². The fourth-order valence-corrected chi connectivity index (χ4v) is 3.51. The monoisotopic (exact) mass is 428 g/mol. The summed E-state index contributed by atoms with van der Waals surface area (Å²) in [5, 5.41) is 2.78. The third kappa shape index (κ3) is 5.61. The summed E-state index contributed by atoms with van der Waals surface area (Å²) >= 11 is 10.7. The quantitative estimate of drug-likeness (QED) is 0.712. The predicted octanol–water partition coefficient (Wildman–Crippen LogP) is 4.33. The predicted molar refractivity (Wildman–Crippen MR) is 102 cm³/mol. The maximum atomic E-state index is 12.3. The van der Waals surface area contributed by atoms with Gasteiger partial charge in [-0.2, -0.15) is 0 Å². The van der Waals surface area contributed by atoms with Crippen LogP contribution < -0.4 is 5.32 Å². The number of halogens is 2. The Labute approximate surface area is 158 Å². The van der Waals surface area contributed by atoms with Gasteiger partial charge in [0.25, 0.3) is 5.91 Å². The SMILES string of the molecule is CCN(Cc1ccc(Cl)s1)C(=O)CCNC(=O)c1ccc(Br)cc1. The minimum atomic E-state index is -0.177. The molecule has 1 aromatic carbocycles. The normalized spacial score (nSPS) is 10.5. The lowest BCUT2D eigenvalue weighted by Crippen LogP contribution is -2.34. The van der Waals surface area contributed by atoms with E-state index in [4.69, 9.17) is 11.6 Å². The van der Waals surface area contributed by atoms with Crippen LogP contribution in [0, 0.1) is 0 Å². The van der Waals surface area contributed by atoms with Gasteiger partial charge in [-0.15, -0.1) is 11.3 Å². The lowest BCUT2D eigenvalue weighted by Gasteiger charge is -2.20. The van der Waals surface area contributed by atoms with Gasteiger partial charge in [-0.05, 0) is 43.3 Å². The molecule has 0 bridgehead atoms. The van der Waals surface area contributed by atoms with E-state index in [1.165, 1.54) is 11.3 Å². The highest BCUT2D eigenvalue weighted by atomic mass is 79.9. The van der Waals surface area contributed by atoms with E-state index < -0.39 is 0 Å². The molecule has 4 nitrogen and oxygen atoms in total. The summed E-state index contributed by atoms with van der Waals surface area (Å²) in [6, 6.07) is 10.9. The number of carbonyl (C=O) groups is 2. The molecule has 0 aliphatic heterocycles. The second kappa shape index (κ2) is 9.20. The zero-order chi connectivity index (χ0) is 17.5. The van der Waals surface area contributed by atoms with Crippen molar-refractivity contribution < 1.29 is 9.59 Å². The zero-order valence-electron chi connectivity index (χ0n) is 13.2. The van der Waals surface area contributed by atoms with Crippen molar-refractivity contribution in [3.63, 3.8) is 0 Å². The van der Waals surface area contributed by atoms with E-state index in [0.717, 1.165) is 13.7 Å². The van der Waals surface area contributed by atoms with Crippen LogP contribution in [0.2, 0.25) is 4.34 Å². The van der Waals surface area contributed by atoms with Crippen molar-refractivity contribution >= 4 is 50.7 Å². The Morgan fingerprint density at radius 3 is 2.50 bits per heavy atom. The molecule has 2 rings (SSSR count). The molecular weight excluding hydrogens is 412 g/mol. The molecule has 0 spiro atoms. The molecule has 0 saturated carbocycles. The first-order valence-corrected chi connectivity index (χ1v) is 9.54. The molecule has 2 amide bonds. The molecule has 0 atom stereocenters. The van der Waals surface area contributed by atoms with Crippen molar-refractivity contribution in [1.29, 1.82) is 0 Å². The van der Waals surface area contributed by atoms with Gasteiger partial charge in [-0.3, -0.25) is 9.59 Å². The Balaban J connectivity index is 1.80. The number of nitrogens with zero attached hydrogens (tertiary/aromatic N) is 1. The van der Waals surface area contributed by atoms with E-state index >= 15 is 0 Å². The number of amides is 2. The maximum absolute atomic E-state index is 12.3. The van der Waals surface area contributed by atoms with Crippen molar-refractivity contribution in [2.45, 2.75) is 19.9 Å². The summed E-state index contributed by atoms with van der Waals surface area (Å²) in [6.45, 7) is 3.42. The van der Waals surface area contributed by atoms with Gasteiger partial charge >= 0.3 is 0 Å². The van der Waals surface area contributed by atoms with Gasteiger partial charge in [0.1, 0.15) is 0 Å². The van der Waals surface area contributed by atoms with Crippen LogP contribution in [0.25, 0.3) is 0 Å². The number of hydrogen-bond donors (Lipinski definition) is 1. The maximum Gasteiger partial charge on any atom is 0.251 e. The summed E-state index contributed by atoms with van der Waals surface area (Å²) in [7, 11) is 0. The smallest absolute Gasteiger partial charge is 0.251 e. The summed E-state index contributed by atoms with van der Waals surface area (Å²) < 4.78 is 1.64. The summed E-state index contributed by atoms with van der Waals surface area (Å²) in [5.41, 5.74) is 0.575. The third-order valence-corrected chi connectivity index (χ3v) is 5.19. The molecule has 2 aromatic rings. The van der Waals surface area contributed by atoms with Crippen molar-refractivity contribution in [3.8, 4) is 0 Å². The summed E-state index contributed by atoms with van der Waals surface area (Å²) in [5.74, 6) is -0.165. The van der Waals surface area contributed by atoms with Crippen molar-refractivity contribution in [1.82, 2.24) is 10.2 Å². The molecular formula is C17H18BrClN2O2S. The topological polar surface area (TPSA) is 49.4 Å². The van der Waals surface area contributed by atoms with E-state index in [9.17, 15) is 9.59 Å². The summed E-state index contributed by atoms with van der Waals surface area (Å²) in [6.07, 6.45) is 0.273. The number of thiophene rings is 1. The van der Waals surface area contributed by atoms with Crippen LogP contribution in [0.5, 0.6) is 0 Å². The van der Waals surface area contributed by atoms with Crippen LogP contribution in [0.4, 0.5) is 0 Å². The van der Waals surface area contributed by atoms with E-state index in [-0.39, 0.29) is 18.2 Å². The van der Waals surface area contributed by atoms with Crippen LogP contribution in [-0.2, 0) is 11.3 Å². The Morgan fingerprint density at radius 2 is 1.92 bits per heavy atom. The molecule has 0 unspecified atom stereocenters. The van der Waals surface area contributed by atoms with Crippen LogP contribution in [-0.4, -0.2) is 29.8 Å². The standard InChI is InChI=1S/C17H18BrClN2O2S/c1-2-21(11-14-7-8-15(19)24-14)16(22)9-10-20-17(23)12-3-5-13(18)6-4-12/h3-8H,2,9-11H2,1H3,(H,20,23). The lowest BCUT2D eigenvalue weighted by atomic mass is 10.2. The second-order valence-corrected chi connectivity index (χ2v) is 7.84. The van der Waals surface area contributed by atoms with Crippen LogP contribution in [0.1, 0.15) is 28.6 Å². The average Bonchev–Trinajstić information content (AvgIpc) is 2.98. The van der Waals surface area contributed by atoms with Crippen molar-refractivity contribution in [2.75, 3.05) is 13.1 Å². The molecule has 0 saturated heterocycles. The minimum absolute atomic E-state index is 0.0122. The van der Waals surface area contributed by atoms with E-state index in [1.54, 1.807) is 17.0 Å². The molecule has 24 heavy (non-hydrogen) atoms. The molecule has 1 aromatic heterocycles. The van der Waals surface area contributed by atoms with Gasteiger partial charge in [0.05, 0.1) is 10.9 Å². The lowest BCUT2D eigenvalue weighted by molar-refractivity contribution is -0.131. The number of hydrogen-bond acceptors (Lipinski definition) is 3. The molecule has 1 heterocycles. The van der Waals surface area contributed by atoms with Gasteiger partial charge < -0.3 is 10.2 Å². The van der Waals surface area contributed by atoms with Gasteiger partial charge in [-0.1, -0.05) is 27.5 Å². The summed E-state index contributed by atoms with van der Waals surface area (Å²) in [4.78, 5) is 27.1. The first-order chi connectivity index (χ1) is 11.5. The number of rotatable bonds is 7. The highest BCUT2D eigenvalue weighted by Crippen LogP contribution is 2.22. The van der Waals surface area contributed by atoms with Crippen molar-refractivity contribution in [3.05, 3.63) is 55.6 Å². The van der Waals surface area contributed by atoms with Crippen LogP contribution >= 0.6 is 38.9 Å². The van der Waals surface area contributed by atoms with E-state index in [2.05, 4.69) is 21.2 Å². The van der Waals surface area contributed by atoms with Gasteiger partial charge in [0.15, 0.2) is 0 Å². The largest absolute Gasteiger partial charge is 0.352 e. The van der Waals surface area contributed by atoms with E-state index in [0.29, 0.717) is 25.2 Å². The fraction of sp³-hybridized carbons (Fsp3) is 0.294. The Hall–Kier alpha value is -1.37.